The highest BCUT2D eigenvalue weighted by molar-refractivity contribution is 9.10. The zero-order valence-corrected chi connectivity index (χ0v) is 12.6. The summed E-state index contributed by atoms with van der Waals surface area (Å²) in [4.78, 5) is 16.1. The van der Waals surface area contributed by atoms with Crippen LogP contribution < -0.4 is 5.32 Å². The molecule has 19 heavy (non-hydrogen) atoms. The number of piperazine rings is 2. The van der Waals surface area contributed by atoms with E-state index in [1.54, 1.807) is 0 Å². The summed E-state index contributed by atoms with van der Waals surface area (Å²) in [6, 6.07) is 8.97. The molecule has 0 saturated carbocycles. The van der Waals surface area contributed by atoms with Crippen molar-refractivity contribution in [2.24, 2.45) is 0 Å². The maximum absolute atomic E-state index is 12.0. The quantitative estimate of drug-likeness (QED) is 0.844. The van der Waals surface area contributed by atoms with Crippen LogP contribution in [0.1, 0.15) is 11.6 Å². The van der Waals surface area contributed by atoms with Gasteiger partial charge in [0, 0.05) is 43.2 Å². The zero-order chi connectivity index (χ0) is 13.4. The van der Waals surface area contributed by atoms with Gasteiger partial charge >= 0.3 is 0 Å². The molecular weight excluding hydrogens is 306 g/mol. The molecule has 4 nitrogen and oxygen atoms in total. The SMILES string of the molecule is CN1CC2CNCC(c3ccccc3Br)N2CC1=O. The van der Waals surface area contributed by atoms with E-state index in [-0.39, 0.29) is 11.9 Å². The first-order valence-electron chi connectivity index (χ1n) is 6.61. The molecule has 1 aromatic rings. The van der Waals surface area contributed by atoms with E-state index in [2.05, 4.69) is 44.3 Å². The van der Waals surface area contributed by atoms with Crippen LogP contribution in [-0.2, 0) is 4.79 Å². The summed E-state index contributed by atoms with van der Waals surface area (Å²) in [5.74, 6) is 0.218. The van der Waals surface area contributed by atoms with Crippen LogP contribution in [0.3, 0.4) is 0 Å². The molecule has 2 heterocycles. The number of hydrogen-bond donors (Lipinski definition) is 1. The van der Waals surface area contributed by atoms with E-state index >= 15 is 0 Å². The van der Waals surface area contributed by atoms with Gasteiger partial charge in [-0.3, -0.25) is 9.69 Å². The van der Waals surface area contributed by atoms with Gasteiger partial charge in [0.1, 0.15) is 0 Å². The van der Waals surface area contributed by atoms with Crippen molar-refractivity contribution in [2.45, 2.75) is 12.1 Å². The van der Waals surface area contributed by atoms with E-state index in [1.807, 2.05) is 18.0 Å². The van der Waals surface area contributed by atoms with Crippen molar-refractivity contribution in [1.29, 1.82) is 0 Å². The second-order valence-corrected chi connectivity index (χ2v) is 6.15. The Hall–Kier alpha value is -0.910. The minimum atomic E-state index is 0.218. The molecule has 2 unspecified atom stereocenters. The van der Waals surface area contributed by atoms with E-state index in [4.69, 9.17) is 0 Å². The van der Waals surface area contributed by atoms with Crippen molar-refractivity contribution in [3.63, 3.8) is 0 Å². The molecule has 1 amide bonds. The fraction of sp³-hybridized carbons (Fsp3) is 0.500. The number of hydrogen-bond acceptors (Lipinski definition) is 3. The number of carbonyl (C=O) groups excluding carboxylic acids is 1. The Kier molecular flexibility index (Phi) is 3.60. The summed E-state index contributed by atoms with van der Waals surface area (Å²) in [5, 5.41) is 3.49. The van der Waals surface area contributed by atoms with Crippen molar-refractivity contribution in [3.8, 4) is 0 Å². The van der Waals surface area contributed by atoms with Gasteiger partial charge in [-0.05, 0) is 11.6 Å². The lowest BCUT2D eigenvalue weighted by atomic mass is 9.98. The Morgan fingerprint density at radius 2 is 2.11 bits per heavy atom. The molecule has 2 saturated heterocycles. The van der Waals surface area contributed by atoms with Crippen LogP contribution in [0.4, 0.5) is 0 Å². The number of carbonyl (C=O) groups is 1. The second-order valence-electron chi connectivity index (χ2n) is 5.30. The van der Waals surface area contributed by atoms with Gasteiger partial charge in [-0.2, -0.15) is 0 Å². The fourth-order valence-electron chi connectivity index (χ4n) is 3.01. The molecule has 0 bridgehead atoms. The predicted molar refractivity (Wildman–Crippen MR) is 77.9 cm³/mol. The van der Waals surface area contributed by atoms with Gasteiger partial charge in [0.05, 0.1) is 6.54 Å². The molecule has 2 atom stereocenters. The Bertz CT molecular complexity index is 493. The van der Waals surface area contributed by atoms with Crippen molar-refractivity contribution < 1.29 is 4.79 Å². The summed E-state index contributed by atoms with van der Waals surface area (Å²) < 4.78 is 1.12. The summed E-state index contributed by atoms with van der Waals surface area (Å²) in [6.45, 7) is 3.19. The van der Waals surface area contributed by atoms with Crippen LogP contribution in [0.2, 0.25) is 0 Å². The molecule has 1 N–H and O–H groups in total. The third kappa shape index (κ3) is 2.42. The zero-order valence-electron chi connectivity index (χ0n) is 11.0. The number of nitrogens with zero attached hydrogens (tertiary/aromatic N) is 2. The van der Waals surface area contributed by atoms with Gasteiger partial charge in [-0.25, -0.2) is 0 Å². The van der Waals surface area contributed by atoms with Crippen LogP contribution in [0.25, 0.3) is 0 Å². The number of fused-ring (bicyclic) bond motifs is 1. The van der Waals surface area contributed by atoms with Gasteiger partial charge in [-0.15, -0.1) is 0 Å². The average molecular weight is 324 g/mol. The molecule has 5 heteroatoms. The molecule has 0 aromatic heterocycles. The van der Waals surface area contributed by atoms with E-state index in [0.717, 1.165) is 24.1 Å². The normalized spacial score (nSPS) is 28.3. The predicted octanol–water partition coefficient (Wildman–Crippen LogP) is 1.24. The highest BCUT2D eigenvalue weighted by atomic mass is 79.9. The number of benzene rings is 1. The average Bonchev–Trinajstić information content (AvgIpc) is 2.40. The molecule has 2 aliphatic rings. The first-order valence-corrected chi connectivity index (χ1v) is 7.41. The lowest BCUT2D eigenvalue weighted by Crippen LogP contribution is -2.63. The van der Waals surface area contributed by atoms with Crippen molar-refractivity contribution in [1.82, 2.24) is 15.1 Å². The molecule has 0 radical (unpaired) electrons. The summed E-state index contributed by atoms with van der Waals surface area (Å²) in [6.07, 6.45) is 0. The minimum Gasteiger partial charge on any atom is -0.343 e. The van der Waals surface area contributed by atoms with Crippen LogP contribution in [-0.4, -0.2) is 55.0 Å². The standard InChI is InChI=1S/C14H18BrN3O/c1-17-8-10-6-16-7-13(18(10)9-14(17)19)11-4-2-3-5-12(11)15/h2-5,10,13,16H,6-9H2,1H3. The number of likely N-dealkylation sites (N-methyl/N-ethyl adjacent to an activating group) is 1. The maximum Gasteiger partial charge on any atom is 0.236 e. The van der Waals surface area contributed by atoms with Gasteiger partial charge < -0.3 is 10.2 Å². The Labute approximate surface area is 121 Å². The number of amides is 1. The highest BCUT2D eigenvalue weighted by Crippen LogP contribution is 2.31. The molecule has 102 valence electrons. The first kappa shape index (κ1) is 13.1. The topological polar surface area (TPSA) is 35.6 Å². The van der Waals surface area contributed by atoms with E-state index in [1.165, 1.54) is 5.56 Å². The summed E-state index contributed by atoms with van der Waals surface area (Å²) in [7, 11) is 1.89. The van der Waals surface area contributed by atoms with Crippen LogP contribution in [0.5, 0.6) is 0 Å². The minimum absolute atomic E-state index is 0.218. The second kappa shape index (κ2) is 5.23. The maximum atomic E-state index is 12.0. The third-order valence-electron chi connectivity index (χ3n) is 4.08. The first-order chi connectivity index (χ1) is 9.16. The number of rotatable bonds is 1. The molecule has 2 fully saturated rings. The number of nitrogens with one attached hydrogen (secondary N) is 1. The van der Waals surface area contributed by atoms with Crippen molar-refractivity contribution >= 4 is 21.8 Å². The third-order valence-corrected chi connectivity index (χ3v) is 4.80. The molecule has 3 rings (SSSR count). The largest absolute Gasteiger partial charge is 0.343 e. The van der Waals surface area contributed by atoms with Gasteiger partial charge in [0.2, 0.25) is 5.91 Å². The monoisotopic (exact) mass is 323 g/mol. The Morgan fingerprint density at radius 1 is 1.32 bits per heavy atom. The van der Waals surface area contributed by atoms with E-state index in [9.17, 15) is 4.79 Å². The fourth-order valence-corrected chi connectivity index (χ4v) is 3.56. The molecular formula is C14H18BrN3O. The van der Waals surface area contributed by atoms with Gasteiger partial charge in [0.25, 0.3) is 0 Å². The Balaban J connectivity index is 1.90. The van der Waals surface area contributed by atoms with E-state index in [0.29, 0.717) is 12.6 Å². The molecule has 0 aliphatic carbocycles. The van der Waals surface area contributed by atoms with Crippen LogP contribution in [0.15, 0.2) is 28.7 Å². The van der Waals surface area contributed by atoms with E-state index < -0.39 is 0 Å². The lowest BCUT2D eigenvalue weighted by Gasteiger charge is -2.47. The molecule has 1 aromatic carbocycles. The highest BCUT2D eigenvalue weighted by Gasteiger charge is 2.38. The van der Waals surface area contributed by atoms with Crippen LogP contribution in [0, 0.1) is 0 Å². The molecule has 0 spiro atoms. The van der Waals surface area contributed by atoms with Crippen molar-refractivity contribution in [3.05, 3.63) is 34.3 Å². The van der Waals surface area contributed by atoms with Gasteiger partial charge in [-0.1, -0.05) is 34.1 Å². The number of halogens is 1. The lowest BCUT2D eigenvalue weighted by molar-refractivity contribution is -0.139. The van der Waals surface area contributed by atoms with Crippen LogP contribution >= 0.6 is 15.9 Å². The molecule has 2 aliphatic heterocycles. The smallest absolute Gasteiger partial charge is 0.236 e. The Morgan fingerprint density at radius 3 is 2.89 bits per heavy atom. The van der Waals surface area contributed by atoms with Gasteiger partial charge in [0.15, 0.2) is 0 Å². The van der Waals surface area contributed by atoms with Crippen molar-refractivity contribution in [2.75, 3.05) is 33.2 Å². The summed E-state index contributed by atoms with van der Waals surface area (Å²) in [5.41, 5.74) is 1.26. The summed E-state index contributed by atoms with van der Waals surface area (Å²) >= 11 is 3.63.